The Kier molecular flexibility index (Phi) is 4.61. The van der Waals surface area contributed by atoms with Crippen molar-refractivity contribution in [2.24, 2.45) is 0 Å². The molecule has 0 atom stereocenters. The highest BCUT2D eigenvalue weighted by molar-refractivity contribution is 6.24. The van der Waals surface area contributed by atoms with Crippen LogP contribution in [0.4, 0.5) is 0 Å². The van der Waals surface area contributed by atoms with E-state index in [1.54, 1.807) is 12.4 Å². The number of rotatable bonds is 3. The summed E-state index contributed by atoms with van der Waals surface area (Å²) in [7, 11) is 0. The van der Waals surface area contributed by atoms with Crippen LogP contribution in [0.15, 0.2) is 54.9 Å². The number of hydrogen-bond donors (Lipinski definition) is 0. The van der Waals surface area contributed by atoms with Gasteiger partial charge in [0.15, 0.2) is 0 Å². The minimum absolute atomic E-state index is 0.0401. The first-order valence-electron chi connectivity index (χ1n) is 7.39. The number of benzene rings is 1. The van der Waals surface area contributed by atoms with Gasteiger partial charge < -0.3 is 9.64 Å². The Balaban J connectivity index is 1.96. The summed E-state index contributed by atoms with van der Waals surface area (Å²) in [5, 5.41) is 0. The van der Waals surface area contributed by atoms with Gasteiger partial charge in [-0.25, -0.2) is 0 Å². The van der Waals surface area contributed by atoms with Crippen molar-refractivity contribution in [3.8, 4) is 0 Å². The molecule has 0 N–H and O–H groups in total. The fraction of sp³-hybridized carbons (Fsp3) is 0.222. The van der Waals surface area contributed by atoms with Gasteiger partial charge >= 0.3 is 0 Å². The van der Waals surface area contributed by atoms with Crippen molar-refractivity contribution in [1.29, 1.82) is 0 Å². The van der Waals surface area contributed by atoms with Crippen molar-refractivity contribution in [2.45, 2.75) is 0 Å². The second-order valence-corrected chi connectivity index (χ2v) is 5.11. The molecule has 0 aliphatic carbocycles. The molecule has 0 saturated carbocycles. The zero-order valence-electron chi connectivity index (χ0n) is 12.3. The van der Waals surface area contributed by atoms with E-state index in [9.17, 15) is 4.79 Å². The predicted molar refractivity (Wildman–Crippen MR) is 85.9 cm³/mol. The highest BCUT2D eigenvalue weighted by Gasteiger charge is 2.21. The molecule has 4 nitrogen and oxygen atoms in total. The lowest BCUT2D eigenvalue weighted by Crippen LogP contribution is -2.41. The molecule has 22 heavy (non-hydrogen) atoms. The molecule has 2 heterocycles. The van der Waals surface area contributed by atoms with E-state index in [0.717, 1.165) is 11.1 Å². The monoisotopic (exact) mass is 294 g/mol. The molecule has 1 saturated heterocycles. The van der Waals surface area contributed by atoms with Gasteiger partial charge in [0.1, 0.15) is 0 Å². The maximum Gasteiger partial charge on any atom is 0.254 e. The van der Waals surface area contributed by atoms with Crippen LogP contribution in [0.2, 0.25) is 0 Å². The van der Waals surface area contributed by atoms with E-state index in [2.05, 4.69) is 4.98 Å². The van der Waals surface area contributed by atoms with Gasteiger partial charge in [-0.3, -0.25) is 9.78 Å². The van der Waals surface area contributed by atoms with Gasteiger partial charge in [0.05, 0.1) is 13.2 Å². The highest BCUT2D eigenvalue weighted by atomic mass is 16.5. The molecule has 4 heteroatoms. The first kappa shape index (κ1) is 14.5. The number of morpholine rings is 1. The second kappa shape index (κ2) is 7.00. The fourth-order valence-corrected chi connectivity index (χ4v) is 2.45. The number of carbonyl (C=O) groups is 1. The average Bonchev–Trinajstić information content (AvgIpc) is 2.61. The molecule has 1 aromatic heterocycles. The minimum atomic E-state index is 0.0401. The van der Waals surface area contributed by atoms with Crippen molar-refractivity contribution in [2.75, 3.05) is 26.3 Å². The molecule has 0 radical (unpaired) electrons. The first-order chi connectivity index (χ1) is 10.8. The van der Waals surface area contributed by atoms with Crippen LogP contribution in [0.25, 0.3) is 11.6 Å². The Hall–Kier alpha value is -2.46. The van der Waals surface area contributed by atoms with Crippen LogP contribution < -0.4 is 0 Å². The molecular weight excluding hydrogens is 276 g/mol. The van der Waals surface area contributed by atoms with Crippen LogP contribution >= 0.6 is 0 Å². The average molecular weight is 294 g/mol. The van der Waals surface area contributed by atoms with E-state index < -0.39 is 0 Å². The SMILES string of the molecule is O=C(/C(=C/c1ccccc1)c1ccncc1)N1CCOCC1. The third-order valence-electron chi connectivity index (χ3n) is 3.63. The lowest BCUT2D eigenvalue weighted by Gasteiger charge is -2.28. The van der Waals surface area contributed by atoms with Crippen LogP contribution in [-0.4, -0.2) is 42.1 Å². The lowest BCUT2D eigenvalue weighted by atomic mass is 10.0. The molecule has 1 aromatic carbocycles. The number of ether oxygens (including phenoxy) is 1. The Bertz CT molecular complexity index is 647. The summed E-state index contributed by atoms with van der Waals surface area (Å²) in [6.07, 6.45) is 5.36. The van der Waals surface area contributed by atoms with E-state index >= 15 is 0 Å². The van der Waals surface area contributed by atoms with Gasteiger partial charge in [0.2, 0.25) is 0 Å². The topological polar surface area (TPSA) is 42.4 Å². The summed E-state index contributed by atoms with van der Waals surface area (Å²) < 4.78 is 5.33. The summed E-state index contributed by atoms with van der Waals surface area (Å²) in [6, 6.07) is 13.6. The van der Waals surface area contributed by atoms with Gasteiger partial charge in [-0.2, -0.15) is 0 Å². The van der Waals surface area contributed by atoms with Crippen LogP contribution in [0.3, 0.4) is 0 Å². The molecule has 3 rings (SSSR count). The smallest absolute Gasteiger partial charge is 0.254 e. The molecule has 0 bridgehead atoms. The van der Waals surface area contributed by atoms with E-state index in [1.165, 1.54) is 0 Å². The van der Waals surface area contributed by atoms with Crippen LogP contribution in [0.5, 0.6) is 0 Å². The first-order valence-corrected chi connectivity index (χ1v) is 7.39. The summed E-state index contributed by atoms with van der Waals surface area (Å²) in [5.74, 6) is 0.0401. The quantitative estimate of drug-likeness (QED) is 0.817. The molecule has 0 unspecified atom stereocenters. The normalized spacial score (nSPS) is 15.6. The van der Waals surface area contributed by atoms with E-state index in [4.69, 9.17) is 4.74 Å². The maximum atomic E-state index is 12.9. The molecule has 1 aliphatic rings. The van der Waals surface area contributed by atoms with Crippen LogP contribution in [0, 0.1) is 0 Å². The van der Waals surface area contributed by atoms with Gasteiger partial charge in [0.25, 0.3) is 5.91 Å². The Morgan fingerprint density at radius 2 is 1.73 bits per heavy atom. The standard InChI is InChI=1S/C18H18N2O2/c21-18(20-10-12-22-13-11-20)17(16-6-8-19-9-7-16)14-15-4-2-1-3-5-15/h1-9,14H,10-13H2/b17-14+. The van der Waals surface area contributed by atoms with Crippen molar-refractivity contribution in [3.05, 3.63) is 66.0 Å². The number of nitrogens with zero attached hydrogens (tertiary/aromatic N) is 2. The molecule has 0 spiro atoms. The largest absolute Gasteiger partial charge is 0.378 e. The maximum absolute atomic E-state index is 12.9. The molecular formula is C18H18N2O2. The fourth-order valence-electron chi connectivity index (χ4n) is 2.45. The molecule has 1 aliphatic heterocycles. The number of hydrogen-bond acceptors (Lipinski definition) is 3. The Morgan fingerprint density at radius 1 is 1.05 bits per heavy atom. The van der Waals surface area contributed by atoms with Gasteiger partial charge in [0, 0.05) is 31.1 Å². The van der Waals surface area contributed by atoms with Crippen molar-refractivity contribution in [1.82, 2.24) is 9.88 Å². The number of pyridine rings is 1. The van der Waals surface area contributed by atoms with Crippen LogP contribution in [0.1, 0.15) is 11.1 Å². The Labute approximate surface area is 130 Å². The van der Waals surface area contributed by atoms with Crippen LogP contribution in [-0.2, 0) is 9.53 Å². The van der Waals surface area contributed by atoms with E-state index in [1.807, 2.05) is 53.4 Å². The lowest BCUT2D eigenvalue weighted by molar-refractivity contribution is -0.128. The van der Waals surface area contributed by atoms with E-state index in [-0.39, 0.29) is 5.91 Å². The molecule has 1 fully saturated rings. The number of carbonyl (C=O) groups excluding carboxylic acids is 1. The van der Waals surface area contributed by atoms with E-state index in [0.29, 0.717) is 31.9 Å². The van der Waals surface area contributed by atoms with Gasteiger partial charge in [-0.15, -0.1) is 0 Å². The predicted octanol–water partition coefficient (Wildman–Crippen LogP) is 2.48. The summed E-state index contributed by atoms with van der Waals surface area (Å²) in [5.41, 5.74) is 2.58. The second-order valence-electron chi connectivity index (χ2n) is 5.11. The zero-order chi connectivity index (χ0) is 15.2. The van der Waals surface area contributed by atoms with Gasteiger partial charge in [-0.1, -0.05) is 30.3 Å². The third kappa shape index (κ3) is 3.40. The number of aromatic nitrogens is 1. The molecule has 2 aromatic rings. The summed E-state index contributed by atoms with van der Waals surface area (Å²) in [6.45, 7) is 2.47. The zero-order valence-corrected chi connectivity index (χ0v) is 12.3. The number of amides is 1. The molecule has 1 amide bonds. The minimum Gasteiger partial charge on any atom is -0.378 e. The highest BCUT2D eigenvalue weighted by Crippen LogP contribution is 2.21. The third-order valence-corrected chi connectivity index (χ3v) is 3.63. The van der Waals surface area contributed by atoms with Crippen molar-refractivity contribution in [3.63, 3.8) is 0 Å². The van der Waals surface area contributed by atoms with Gasteiger partial charge in [-0.05, 0) is 29.3 Å². The van der Waals surface area contributed by atoms with Crippen molar-refractivity contribution >= 4 is 17.6 Å². The molecule has 112 valence electrons. The summed E-state index contributed by atoms with van der Waals surface area (Å²) in [4.78, 5) is 18.8. The Morgan fingerprint density at radius 3 is 2.41 bits per heavy atom. The van der Waals surface area contributed by atoms with Crippen molar-refractivity contribution < 1.29 is 9.53 Å². The summed E-state index contributed by atoms with van der Waals surface area (Å²) >= 11 is 0.